The van der Waals surface area contributed by atoms with E-state index < -0.39 is 0 Å². The van der Waals surface area contributed by atoms with Crippen LogP contribution in [0.2, 0.25) is 6.04 Å². The molecule has 0 spiro atoms. The molecule has 0 rings (SSSR count). The summed E-state index contributed by atoms with van der Waals surface area (Å²) in [6.07, 6.45) is 0. The van der Waals surface area contributed by atoms with Crippen LogP contribution in [0.1, 0.15) is 0 Å². The molecule has 0 aliphatic heterocycles. The quantitative estimate of drug-likeness (QED) is 0.490. The largest absolute Gasteiger partial charge is 0.0916 e. The lowest BCUT2D eigenvalue weighted by molar-refractivity contribution is 1.16. The third-order valence-corrected chi connectivity index (χ3v) is 5.41. The molecule has 0 fully saturated rings. The minimum atomic E-state index is 0.726. The maximum absolute atomic E-state index is 3.46. The Morgan fingerprint density at radius 2 is 2.17 bits per heavy atom. The van der Waals surface area contributed by atoms with E-state index in [-0.39, 0.29) is 0 Å². The first-order chi connectivity index (χ1) is 2.81. The fourth-order valence-electron chi connectivity index (χ4n) is 0.109. The Morgan fingerprint density at radius 1 is 1.67 bits per heavy atom. The first-order valence-electron chi connectivity index (χ1n) is 2.01. The highest BCUT2D eigenvalue weighted by Crippen LogP contribution is 2.05. The minimum absolute atomic E-state index is 0.726. The fraction of sp³-hybridized carbons (Fsp3) is 1.00. The highest BCUT2D eigenvalue weighted by atomic mass is 79.9. The maximum Gasteiger partial charge on any atom is 0.0211 e. The summed E-state index contributed by atoms with van der Waals surface area (Å²) in [5.74, 6) is 0. The summed E-state index contributed by atoms with van der Waals surface area (Å²) in [6.45, 7) is 0. The van der Waals surface area contributed by atoms with E-state index >= 15 is 0 Å². The molecule has 0 radical (unpaired) electrons. The molecular weight excluding hydrogens is 224 g/mol. The third-order valence-electron chi connectivity index (χ3n) is 0.610. The van der Waals surface area contributed by atoms with E-state index in [2.05, 4.69) is 31.9 Å². The van der Waals surface area contributed by atoms with Crippen LogP contribution in [0, 0.1) is 0 Å². The average Bonchev–Trinajstić information content (AvgIpc) is 1.65. The number of hydrogen-bond acceptors (Lipinski definition) is 0. The molecule has 0 saturated heterocycles. The van der Waals surface area contributed by atoms with Crippen LogP contribution in [0.4, 0.5) is 0 Å². The Labute approximate surface area is 58.4 Å². The van der Waals surface area contributed by atoms with Gasteiger partial charge < -0.3 is 0 Å². The minimum Gasteiger partial charge on any atom is -0.0916 e. The smallest absolute Gasteiger partial charge is 0.0211 e. The molecule has 0 aromatic carbocycles. The number of alkyl halides is 2. The molecule has 0 amide bonds. The van der Waals surface area contributed by atoms with Gasteiger partial charge in [0.1, 0.15) is 0 Å². The van der Waals surface area contributed by atoms with E-state index in [0.29, 0.717) is 0 Å². The lowest BCUT2D eigenvalue weighted by Gasteiger charge is -1.94. The van der Waals surface area contributed by atoms with Crippen molar-refractivity contribution in [2.45, 2.75) is 10.9 Å². The van der Waals surface area contributed by atoms with Crippen molar-refractivity contribution in [1.82, 2.24) is 0 Å². The number of halogens is 2. The molecule has 1 unspecified atom stereocenters. The van der Waals surface area contributed by atoms with Crippen LogP contribution in [0.25, 0.3) is 0 Å². The standard InChI is InChI=1S/C3H8Br2Si/c4-1-3(5)2-6/h3H,1-2H2,6H3. The second-order valence-electron chi connectivity index (χ2n) is 1.16. The van der Waals surface area contributed by atoms with Crippen LogP contribution in [0.3, 0.4) is 0 Å². The maximum atomic E-state index is 3.46. The molecular formula is C3H8Br2Si. The molecule has 0 aromatic rings. The number of rotatable bonds is 2. The lowest BCUT2D eigenvalue weighted by atomic mass is 10.6. The van der Waals surface area contributed by atoms with Crippen LogP contribution in [0.15, 0.2) is 0 Å². The molecule has 0 N–H and O–H groups in total. The zero-order chi connectivity index (χ0) is 4.99. The van der Waals surface area contributed by atoms with E-state index in [4.69, 9.17) is 0 Å². The molecule has 0 bridgehead atoms. The zero-order valence-corrected chi connectivity index (χ0v) is 8.92. The Bertz CT molecular complexity index is 28.0. The van der Waals surface area contributed by atoms with Crippen molar-refractivity contribution in [2.75, 3.05) is 5.33 Å². The van der Waals surface area contributed by atoms with Gasteiger partial charge in [-0.3, -0.25) is 0 Å². The van der Waals surface area contributed by atoms with Crippen LogP contribution in [-0.2, 0) is 0 Å². The summed E-state index contributed by atoms with van der Waals surface area (Å²) >= 11 is 6.81. The van der Waals surface area contributed by atoms with Gasteiger partial charge in [-0.15, -0.1) is 0 Å². The molecule has 0 aliphatic carbocycles. The van der Waals surface area contributed by atoms with E-state index in [1.54, 1.807) is 0 Å². The summed E-state index contributed by atoms with van der Waals surface area (Å²) in [4.78, 5) is 0.726. The lowest BCUT2D eigenvalue weighted by Crippen LogP contribution is -1.94. The van der Waals surface area contributed by atoms with Crippen molar-refractivity contribution in [3.05, 3.63) is 0 Å². The van der Waals surface area contributed by atoms with Gasteiger partial charge in [0.05, 0.1) is 0 Å². The zero-order valence-electron chi connectivity index (χ0n) is 3.75. The van der Waals surface area contributed by atoms with E-state index in [9.17, 15) is 0 Å². The van der Waals surface area contributed by atoms with Gasteiger partial charge >= 0.3 is 0 Å². The van der Waals surface area contributed by atoms with Crippen LogP contribution >= 0.6 is 31.9 Å². The molecule has 0 nitrogen and oxygen atoms in total. The van der Waals surface area contributed by atoms with Gasteiger partial charge in [0, 0.05) is 20.4 Å². The van der Waals surface area contributed by atoms with Gasteiger partial charge in [0.15, 0.2) is 0 Å². The van der Waals surface area contributed by atoms with Gasteiger partial charge in [0.2, 0.25) is 0 Å². The second kappa shape index (κ2) is 4.34. The van der Waals surface area contributed by atoms with Gasteiger partial charge in [-0.1, -0.05) is 37.9 Å². The SMILES string of the molecule is [SiH3]CC(Br)CBr. The van der Waals surface area contributed by atoms with Crippen molar-refractivity contribution in [1.29, 1.82) is 0 Å². The normalized spacial score (nSPS) is 15.0. The summed E-state index contributed by atoms with van der Waals surface area (Å²) in [7, 11) is 1.31. The fourth-order valence-corrected chi connectivity index (χ4v) is 1.70. The second-order valence-corrected chi connectivity index (χ2v) is 3.92. The summed E-state index contributed by atoms with van der Waals surface area (Å²) in [5, 5.41) is 1.09. The molecule has 0 aliphatic rings. The first-order valence-corrected chi connectivity index (χ1v) is 5.46. The third kappa shape index (κ3) is 3.37. The summed E-state index contributed by atoms with van der Waals surface area (Å²) in [5.41, 5.74) is 0. The first kappa shape index (κ1) is 7.18. The van der Waals surface area contributed by atoms with Crippen molar-refractivity contribution >= 4 is 42.1 Å². The highest BCUT2D eigenvalue weighted by molar-refractivity contribution is 9.12. The van der Waals surface area contributed by atoms with Crippen LogP contribution in [0.5, 0.6) is 0 Å². The topological polar surface area (TPSA) is 0 Å². The van der Waals surface area contributed by atoms with Gasteiger partial charge in [-0.2, -0.15) is 0 Å². The highest BCUT2D eigenvalue weighted by Gasteiger charge is 1.92. The molecule has 3 heteroatoms. The predicted molar refractivity (Wildman–Crippen MR) is 41.3 cm³/mol. The molecule has 6 heavy (non-hydrogen) atoms. The van der Waals surface area contributed by atoms with E-state index in [0.717, 1.165) is 10.2 Å². The molecule has 0 aromatic heterocycles. The number of hydrogen-bond donors (Lipinski definition) is 0. The van der Waals surface area contributed by atoms with E-state index in [1.165, 1.54) is 16.3 Å². The average molecular weight is 232 g/mol. The van der Waals surface area contributed by atoms with Gasteiger partial charge in [-0.25, -0.2) is 0 Å². The molecule has 0 heterocycles. The van der Waals surface area contributed by atoms with Crippen molar-refractivity contribution in [3.8, 4) is 0 Å². The molecule has 0 saturated carbocycles. The van der Waals surface area contributed by atoms with Crippen LogP contribution < -0.4 is 0 Å². The summed E-state index contributed by atoms with van der Waals surface area (Å²) in [6, 6.07) is 1.34. The Kier molecular flexibility index (Phi) is 5.19. The molecule has 1 atom stereocenters. The Morgan fingerprint density at radius 3 is 2.17 bits per heavy atom. The van der Waals surface area contributed by atoms with Gasteiger partial charge in [-0.05, 0) is 0 Å². The predicted octanol–water partition coefficient (Wildman–Crippen LogP) is 0.928. The Hall–Kier alpha value is 1.18. The Balaban J connectivity index is 2.75. The van der Waals surface area contributed by atoms with Crippen molar-refractivity contribution < 1.29 is 0 Å². The monoisotopic (exact) mass is 230 g/mol. The van der Waals surface area contributed by atoms with Crippen molar-refractivity contribution in [2.24, 2.45) is 0 Å². The molecule has 38 valence electrons. The van der Waals surface area contributed by atoms with Gasteiger partial charge in [0.25, 0.3) is 0 Å². The van der Waals surface area contributed by atoms with Crippen molar-refractivity contribution in [3.63, 3.8) is 0 Å². The summed E-state index contributed by atoms with van der Waals surface area (Å²) < 4.78 is 0. The van der Waals surface area contributed by atoms with Crippen LogP contribution in [-0.4, -0.2) is 20.4 Å². The van der Waals surface area contributed by atoms with E-state index in [1.807, 2.05) is 0 Å².